The Balaban J connectivity index is 2.40. The van der Waals surface area contributed by atoms with Crippen molar-refractivity contribution in [1.82, 2.24) is 5.32 Å². The zero-order valence-corrected chi connectivity index (χ0v) is 11.2. The summed E-state index contributed by atoms with van der Waals surface area (Å²) in [6, 6.07) is 0.0854. The molecule has 0 aromatic carbocycles. The third kappa shape index (κ3) is 5.07. The van der Waals surface area contributed by atoms with Gasteiger partial charge in [0.05, 0.1) is 0 Å². The molecular formula is C14H27NO2. The molecular weight excluding hydrogens is 214 g/mol. The predicted molar refractivity (Wildman–Crippen MR) is 70.1 cm³/mol. The van der Waals surface area contributed by atoms with E-state index in [0.29, 0.717) is 6.04 Å². The normalized spacial score (nSPS) is 26.7. The van der Waals surface area contributed by atoms with Crippen LogP contribution in [0.2, 0.25) is 0 Å². The Morgan fingerprint density at radius 1 is 1.41 bits per heavy atom. The Morgan fingerprint density at radius 3 is 2.76 bits per heavy atom. The number of carboxylic acids is 1. The molecule has 100 valence electrons. The van der Waals surface area contributed by atoms with E-state index in [0.717, 1.165) is 38.0 Å². The topological polar surface area (TPSA) is 49.3 Å². The molecule has 2 N–H and O–H groups in total. The summed E-state index contributed by atoms with van der Waals surface area (Å²) in [5, 5.41) is 12.5. The lowest BCUT2D eigenvalue weighted by atomic mass is 9.84. The Hall–Kier alpha value is -0.570. The first-order chi connectivity index (χ1) is 8.17. The van der Waals surface area contributed by atoms with Crippen LogP contribution in [-0.4, -0.2) is 23.2 Å². The number of hydrogen-bond donors (Lipinski definition) is 2. The maximum atomic E-state index is 11.2. The fourth-order valence-corrected chi connectivity index (χ4v) is 2.78. The van der Waals surface area contributed by atoms with E-state index < -0.39 is 5.97 Å². The van der Waals surface area contributed by atoms with E-state index in [9.17, 15) is 9.90 Å². The number of rotatable bonds is 7. The van der Waals surface area contributed by atoms with Crippen LogP contribution in [0.3, 0.4) is 0 Å². The second-order valence-electron chi connectivity index (χ2n) is 5.34. The van der Waals surface area contributed by atoms with E-state index in [4.69, 9.17) is 0 Å². The number of aliphatic carboxylic acids is 1. The minimum Gasteiger partial charge on any atom is -0.480 e. The highest BCUT2D eigenvalue weighted by molar-refractivity contribution is 5.73. The van der Waals surface area contributed by atoms with Gasteiger partial charge in [0.15, 0.2) is 0 Å². The molecule has 0 aliphatic heterocycles. The second-order valence-corrected chi connectivity index (χ2v) is 5.34. The van der Waals surface area contributed by atoms with Crippen LogP contribution in [0.15, 0.2) is 0 Å². The molecule has 0 radical (unpaired) electrons. The monoisotopic (exact) mass is 241 g/mol. The SMILES string of the molecule is CCCC[C@H](NC1CCCC(CC)C1)C(=O)O. The lowest BCUT2D eigenvalue weighted by molar-refractivity contribution is -0.140. The van der Waals surface area contributed by atoms with Crippen LogP contribution < -0.4 is 5.32 Å². The highest BCUT2D eigenvalue weighted by Crippen LogP contribution is 2.27. The molecule has 3 nitrogen and oxygen atoms in total. The Kier molecular flexibility index (Phi) is 6.56. The summed E-state index contributed by atoms with van der Waals surface area (Å²) in [6.07, 6.45) is 8.92. The fraction of sp³-hybridized carbons (Fsp3) is 0.929. The molecule has 1 saturated carbocycles. The number of nitrogens with one attached hydrogen (secondary N) is 1. The third-order valence-electron chi connectivity index (χ3n) is 3.94. The molecule has 1 rings (SSSR count). The van der Waals surface area contributed by atoms with E-state index in [2.05, 4.69) is 19.2 Å². The number of carboxylic acid groups (broad SMARTS) is 1. The average Bonchev–Trinajstić information content (AvgIpc) is 2.34. The van der Waals surface area contributed by atoms with Crippen molar-refractivity contribution in [3.05, 3.63) is 0 Å². The molecule has 3 heteroatoms. The summed E-state index contributed by atoms with van der Waals surface area (Å²) in [4.78, 5) is 11.2. The minimum absolute atomic E-state index is 0.337. The minimum atomic E-state index is -0.683. The lowest BCUT2D eigenvalue weighted by Gasteiger charge is -2.31. The molecule has 2 unspecified atom stereocenters. The molecule has 0 bridgehead atoms. The predicted octanol–water partition coefficient (Wildman–Crippen LogP) is 3.19. The van der Waals surface area contributed by atoms with Crippen molar-refractivity contribution in [2.45, 2.75) is 77.3 Å². The summed E-state index contributed by atoms with van der Waals surface area (Å²) in [6.45, 7) is 4.34. The van der Waals surface area contributed by atoms with Gasteiger partial charge < -0.3 is 10.4 Å². The molecule has 1 fully saturated rings. The van der Waals surface area contributed by atoms with Gasteiger partial charge in [0.1, 0.15) is 6.04 Å². The van der Waals surface area contributed by atoms with Crippen LogP contribution >= 0.6 is 0 Å². The van der Waals surface area contributed by atoms with Crippen molar-refractivity contribution in [2.24, 2.45) is 5.92 Å². The summed E-state index contributed by atoms with van der Waals surface area (Å²) < 4.78 is 0. The van der Waals surface area contributed by atoms with Gasteiger partial charge >= 0.3 is 5.97 Å². The third-order valence-corrected chi connectivity index (χ3v) is 3.94. The maximum Gasteiger partial charge on any atom is 0.320 e. The summed E-state index contributed by atoms with van der Waals surface area (Å²) in [5.74, 6) is 0.110. The molecule has 0 saturated heterocycles. The van der Waals surface area contributed by atoms with E-state index >= 15 is 0 Å². The fourth-order valence-electron chi connectivity index (χ4n) is 2.78. The van der Waals surface area contributed by atoms with Gasteiger partial charge in [0.2, 0.25) is 0 Å². The standard InChI is InChI=1S/C14H27NO2/c1-3-5-9-13(14(16)17)15-12-8-6-7-11(4-2)10-12/h11-13,15H,3-10H2,1-2H3,(H,16,17)/t11?,12?,13-/m0/s1. The molecule has 0 amide bonds. The average molecular weight is 241 g/mol. The molecule has 0 aromatic heterocycles. The largest absolute Gasteiger partial charge is 0.480 e. The first-order valence-electron chi connectivity index (χ1n) is 7.16. The molecule has 1 aliphatic rings. The summed E-state index contributed by atoms with van der Waals surface area (Å²) in [7, 11) is 0. The molecule has 1 aliphatic carbocycles. The van der Waals surface area contributed by atoms with Crippen molar-refractivity contribution >= 4 is 5.97 Å². The van der Waals surface area contributed by atoms with Gasteiger partial charge in [0, 0.05) is 6.04 Å². The number of hydrogen-bond acceptors (Lipinski definition) is 2. The zero-order valence-electron chi connectivity index (χ0n) is 11.2. The van der Waals surface area contributed by atoms with Gasteiger partial charge in [-0.05, 0) is 25.2 Å². The van der Waals surface area contributed by atoms with Crippen molar-refractivity contribution < 1.29 is 9.90 Å². The molecule has 0 heterocycles. The number of carbonyl (C=O) groups is 1. The molecule has 3 atom stereocenters. The lowest BCUT2D eigenvalue weighted by Crippen LogP contribution is -2.45. The molecule has 0 spiro atoms. The Labute approximate surface area is 105 Å². The second kappa shape index (κ2) is 7.70. The van der Waals surface area contributed by atoms with E-state index in [1.165, 1.54) is 19.3 Å². The van der Waals surface area contributed by atoms with Crippen LogP contribution in [-0.2, 0) is 4.79 Å². The van der Waals surface area contributed by atoms with Crippen molar-refractivity contribution in [3.63, 3.8) is 0 Å². The molecule has 17 heavy (non-hydrogen) atoms. The summed E-state index contributed by atoms with van der Waals surface area (Å²) >= 11 is 0. The van der Waals surface area contributed by atoms with Crippen LogP contribution in [0.25, 0.3) is 0 Å². The van der Waals surface area contributed by atoms with E-state index in [1.54, 1.807) is 0 Å². The highest BCUT2D eigenvalue weighted by atomic mass is 16.4. The van der Waals surface area contributed by atoms with Gasteiger partial charge in [-0.1, -0.05) is 46.0 Å². The quantitative estimate of drug-likeness (QED) is 0.719. The van der Waals surface area contributed by atoms with Gasteiger partial charge in [-0.25, -0.2) is 0 Å². The Bertz CT molecular complexity index is 230. The van der Waals surface area contributed by atoms with Crippen molar-refractivity contribution in [1.29, 1.82) is 0 Å². The van der Waals surface area contributed by atoms with Crippen molar-refractivity contribution in [2.75, 3.05) is 0 Å². The number of unbranched alkanes of at least 4 members (excludes halogenated alkanes) is 1. The van der Waals surface area contributed by atoms with Crippen LogP contribution in [0.4, 0.5) is 0 Å². The Morgan fingerprint density at radius 2 is 2.18 bits per heavy atom. The highest BCUT2D eigenvalue weighted by Gasteiger charge is 2.25. The van der Waals surface area contributed by atoms with E-state index in [1.807, 2.05) is 0 Å². The first-order valence-corrected chi connectivity index (χ1v) is 7.16. The molecule has 0 aromatic rings. The van der Waals surface area contributed by atoms with Crippen LogP contribution in [0.1, 0.15) is 65.2 Å². The van der Waals surface area contributed by atoms with Crippen LogP contribution in [0, 0.1) is 5.92 Å². The van der Waals surface area contributed by atoms with Crippen molar-refractivity contribution in [3.8, 4) is 0 Å². The zero-order chi connectivity index (χ0) is 12.7. The first kappa shape index (κ1) is 14.5. The summed E-state index contributed by atoms with van der Waals surface area (Å²) in [5.41, 5.74) is 0. The van der Waals surface area contributed by atoms with Gasteiger partial charge in [-0.2, -0.15) is 0 Å². The maximum absolute atomic E-state index is 11.2. The van der Waals surface area contributed by atoms with Crippen LogP contribution in [0.5, 0.6) is 0 Å². The van der Waals surface area contributed by atoms with Gasteiger partial charge in [-0.3, -0.25) is 4.79 Å². The van der Waals surface area contributed by atoms with Gasteiger partial charge in [0.25, 0.3) is 0 Å². The smallest absolute Gasteiger partial charge is 0.320 e. The van der Waals surface area contributed by atoms with E-state index in [-0.39, 0.29) is 6.04 Å². The van der Waals surface area contributed by atoms with Gasteiger partial charge in [-0.15, -0.1) is 0 Å².